The molecule has 0 unspecified atom stereocenters. The lowest BCUT2D eigenvalue weighted by atomic mass is 10.1. The minimum absolute atomic E-state index is 0.732. The molecule has 156 valence electrons. The van der Waals surface area contributed by atoms with Crippen molar-refractivity contribution in [2.24, 2.45) is 0 Å². The van der Waals surface area contributed by atoms with E-state index in [2.05, 4.69) is 58.6 Å². The normalized spacial score (nSPS) is 13.1. The van der Waals surface area contributed by atoms with Gasteiger partial charge in [0.1, 0.15) is 5.84 Å². The van der Waals surface area contributed by atoms with Crippen LogP contribution in [0.25, 0.3) is 0 Å². The Kier molecular flexibility index (Phi) is 12.5. The van der Waals surface area contributed by atoms with E-state index in [9.17, 15) is 0 Å². The second kappa shape index (κ2) is 14.4. The summed E-state index contributed by atoms with van der Waals surface area (Å²) in [4.78, 5) is 6.07. The van der Waals surface area contributed by atoms with Gasteiger partial charge in [-0.3, -0.25) is 5.41 Å². The molecule has 1 aromatic heterocycles. The van der Waals surface area contributed by atoms with Crippen LogP contribution >= 0.6 is 11.3 Å². The molecule has 3 rings (SSSR count). The van der Waals surface area contributed by atoms with Crippen molar-refractivity contribution in [1.29, 1.82) is 5.41 Å². The van der Waals surface area contributed by atoms with Crippen molar-refractivity contribution in [3.8, 4) is 0 Å². The van der Waals surface area contributed by atoms with E-state index >= 15 is 0 Å². The van der Waals surface area contributed by atoms with E-state index in [4.69, 9.17) is 5.41 Å². The standard InChI is InChI=1S/C20H27N3S.2C2H6/c1-22(15-10-17-7-3-2-4-8-17)12-6-14-23-13-5-9-19-18(20(23)21)11-16-24-19;2*1-2/h2-4,7-8,11,16,21H,5-6,9-10,12-15H2,1H3;2*1-2H3. The van der Waals surface area contributed by atoms with Gasteiger partial charge in [0.25, 0.3) is 0 Å². The minimum atomic E-state index is 0.732. The third-order valence-corrected chi connectivity index (χ3v) is 5.72. The van der Waals surface area contributed by atoms with Gasteiger partial charge in [-0.15, -0.1) is 11.3 Å². The van der Waals surface area contributed by atoms with Crippen molar-refractivity contribution in [2.75, 3.05) is 33.2 Å². The predicted octanol–water partition coefficient (Wildman–Crippen LogP) is 5.94. The Morgan fingerprint density at radius 2 is 1.75 bits per heavy atom. The molecule has 0 spiro atoms. The van der Waals surface area contributed by atoms with Crippen molar-refractivity contribution in [3.05, 3.63) is 57.8 Å². The highest BCUT2D eigenvalue weighted by atomic mass is 32.1. The Labute approximate surface area is 176 Å². The number of thiophene rings is 1. The van der Waals surface area contributed by atoms with Crippen LogP contribution in [0, 0.1) is 5.41 Å². The van der Waals surface area contributed by atoms with E-state index in [1.807, 2.05) is 27.7 Å². The van der Waals surface area contributed by atoms with Gasteiger partial charge in [0.05, 0.1) is 0 Å². The summed E-state index contributed by atoms with van der Waals surface area (Å²) in [5.74, 6) is 0.732. The molecule has 0 atom stereocenters. The summed E-state index contributed by atoms with van der Waals surface area (Å²) in [7, 11) is 2.20. The van der Waals surface area contributed by atoms with Gasteiger partial charge < -0.3 is 9.80 Å². The van der Waals surface area contributed by atoms with E-state index < -0.39 is 0 Å². The fourth-order valence-corrected chi connectivity index (χ4v) is 4.21. The molecular formula is C24H39N3S. The number of hydrogen-bond donors (Lipinski definition) is 1. The molecule has 3 nitrogen and oxygen atoms in total. The number of fused-ring (bicyclic) bond motifs is 1. The monoisotopic (exact) mass is 401 g/mol. The van der Waals surface area contributed by atoms with Crippen LogP contribution < -0.4 is 0 Å². The quantitative estimate of drug-likeness (QED) is 0.622. The predicted molar refractivity (Wildman–Crippen MR) is 126 cm³/mol. The fourth-order valence-electron chi connectivity index (χ4n) is 3.29. The van der Waals surface area contributed by atoms with Crippen molar-refractivity contribution >= 4 is 17.2 Å². The first-order valence-electron chi connectivity index (χ1n) is 10.9. The third kappa shape index (κ3) is 7.76. The van der Waals surface area contributed by atoms with Crippen molar-refractivity contribution in [2.45, 2.75) is 53.4 Å². The third-order valence-electron chi connectivity index (χ3n) is 4.74. The first-order chi connectivity index (χ1) is 13.7. The molecule has 1 aromatic carbocycles. The molecule has 28 heavy (non-hydrogen) atoms. The number of hydrogen-bond acceptors (Lipinski definition) is 3. The molecule has 2 aromatic rings. The van der Waals surface area contributed by atoms with Crippen LogP contribution in [-0.4, -0.2) is 48.9 Å². The van der Waals surface area contributed by atoms with Crippen LogP contribution in [0.1, 0.15) is 56.5 Å². The second-order valence-corrected chi connectivity index (χ2v) is 7.59. The number of nitrogens with zero attached hydrogens (tertiary/aromatic N) is 2. The molecule has 0 saturated carbocycles. The van der Waals surface area contributed by atoms with Crippen molar-refractivity contribution < 1.29 is 0 Å². The van der Waals surface area contributed by atoms with E-state index in [1.165, 1.54) is 16.9 Å². The fraction of sp³-hybridized carbons (Fsp3) is 0.542. The largest absolute Gasteiger partial charge is 0.357 e. The van der Waals surface area contributed by atoms with Gasteiger partial charge in [0.2, 0.25) is 0 Å². The number of aryl methyl sites for hydroxylation is 1. The highest BCUT2D eigenvalue weighted by Crippen LogP contribution is 2.23. The van der Waals surface area contributed by atoms with Gasteiger partial charge in [0.15, 0.2) is 0 Å². The Balaban J connectivity index is 0.000000921. The average Bonchev–Trinajstić information content (AvgIpc) is 3.17. The smallest absolute Gasteiger partial charge is 0.129 e. The Bertz CT molecular complexity index is 651. The summed E-state index contributed by atoms with van der Waals surface area (Å²) >= 11 is 1.80. The summed E-state index contributed by atoms with van der Waals surface area (Å²) < 4.78 is 0. The molecular weight excluding hydrogens is 362 g/mol. The molecule has 1 N–H and O–H groups in total. The highest BCUT2D eigenvalue weighted by Gasteiger charge is 2.19. The Morgan fingerprint density at radius 1 is 1.04 bits per heavy atom. The van der Waals surface area contributed by atoms with Crippen molar-refractivity contribution in [1.82, 2.24) is 9.80 Å². The number of nitrogens with one attached hydrogen (secondary N) is 1. The van der Waals surface area contributed by atoms with Gasteiger partial charge in [-0.25, -0.2) is 0 Å². The zero-order chi connectivity index (χ0) is 20.8. The summed E-state index contributed by atoms with van der Waals surface area (Å²) in [6.07, 6.45) is 4.52. The summed E-state index contributed by atoms with van der Waals surface area (Å²) in [6.45, 7) is 12.2. The van der Waals surface area contributed by atoms with Crippen molar-refractivity contribution in [3.63, 3.8) is 0 Å². The maximum Gasteiger partial charge on any atom is 0.129 e. The lowest BCUT2D eigenvalue weighted by Crippen LogP contribution is -2.34. The molecule has 1 aliphatic heterocycles. The second-order valence-electron chi connectivity index (χ2n) is 6.59. The molecule has 0 bridgehead atoms. The molecule has 1 aliphatic rings. The molecule has 0 amide bonds. The van der Waals surface area contributed by atoms with Gasteiger partial charge in [-0.1, -0.05) is 58.0 Å². The van der Waals surface area contributed by atoms with Crippen LogP contribution in [0.5, 0.6) is 0 Å². The Hall–Kier alpha value is -1.65. The first-order valence-corrected chi connectivity index (χ1v) is 11.7. The molecule has 2 heterocycles. The highest BCUT2D eigenvalue weighted by molar-refractivity contribution is 7.10. The molecule has 4 heteroatoms. The van der Waals surface area contributed by atoms with E-state index in [1.54, 1.807) is 11.3 Å². The maximum absolute atomic E-state index is 8.48. The van der Waals surface area contributed by atoms with Gasteiger partial charge >= 0.3 is 0 Å². The van der Waals surface area contributed by atoms with E-state index in [0.717, 1.165) is 56.8 Å². The van der Waals surface area contributed by atoms with Crippen LogP contribution in [0.2, 0.25) is 0 Å². The van der Waals surface area contributed by atoms with Crippen LogP contribution in [-0.2, 0) is 12.8 Å². The number of benzene rings is 1. The van der Waals surface area contributed by atoms with E-state index in [-0.39, 0.29) is 0 Å². The van der Waals surface area contributed by atoms with Gasteiger partial charge in [-0.05, 0) is 56.3 Å². The zero-order valence-corrected chi connectivity index (χ0v) is 19.3. The van der Waals surface area contributed by atoms with Crippen LogP contribution in [0.15, 0.2) is 41.8 Å². The molecule has 0 radical (unpaired) electrons. The summed E-state index contributed by atoms with van der Waals surface area (Å²) in [5, 5.41) is 10.6. The summed E-state index contributed by atoms with van der Waals surface area (Å²) in [6, 6.07) is 12.8. The topological polar surface area (TPSA) is 30.3 Å². The first kappa shape index (κ1) is 24.4. The number of amidine groups is 1. The SMILES string of the molecule is CC.CC.CN(CCCN1CCCc2sccc2C1=N)CCc1ccccc1. The lowest BCUT2D eigenvalue weighted by Gasteiger charge is -2.25. The minimum Gasteiger partial charge on any atom is -0.357 e. The molecule has 0 saturated heterocycles. The maximum atomic E-state index is 8.48. The average molecular weight is 402 g/mol. The van der Waals surface area contributed by atoms with Gasteiger partial charge in [-0.2, -0.15) is 0 Å². The zero-order valence-electron chi connectivity index (χ0n) is 18.5. The molecule has 0 fully saturated rings. The van der Waals surface area contributed by atoms with Gasteiger partial charge in [0, 0.05) is 30.1 Å². The summed E-state index contributed by atoms with van der Waals surface area (Å²) in [5.41, 5.74) is 2.57. The van der Waals surface area contributed by atoms with Crippen LogP contribution in [0.3, 0.4) is 0 Å². The van der Waals surface area contributed by atoms with E-state index in [0.29, 0.717) is 0 Å². The lowest BCUT2D eigenvalue weighted by molar-refractivity contribution is 0.307. The Morgan fingerprint density at radius 3 is 2.46 bits per heavy atom. The number of likely N-dealkylation sites (N-methyl/N-ethyl adjacent to an activating group) is 1. The molecule has 0 aliphatic carbocycles. The van der Waals surface area contributed by atoms with Crippen LogP contribution in [0.4, 0.5) is 0 Å². The number of rotatable bonds is 7.